The van der Waals surface area contributed by atoms with Crippen LogP contribution < -0.4 is 20.1 Å². The van der Waals surface area contributed by atoms with Crippen LogP contribution in [0.3, 0.4) is 0 Å². The Balaban J connectivity index is 1.52. The van der Waals surface area contributed by atoms with Crippen LogP contribution in [0.15, 0.2) is 42.5 Å². The van der Waals surface area contributed by atoms with Crippen LogP contribution in [0.1, 0.15) is 66.1 Å². The Hall–Kier alpha value is -3.02. The van der Waals surface area contributed by atoms with Gasteiger partial charge < -0.3 is 20.1 Å². The summed E-state index contributed by atoms with van der Waals surface area (Å²) in [5.41, 5.74) is 2.16. The summed E-state index contributed by atoms with van der Waals surface area (Å²) in [4.78, 5) is 25.4. The van der Waals surface area contributed by atoms with E-state index in [9.17, 15) is 9.59 Å². The number of carbonyl (C=O) groups excluding carboxylic acids is 2. The van der Waals surface area contributed by atoms with E-state index >= 15 is 0 Å². The van der Waals surface area contributed by atoms with Gasteiger partial charge in [-0.25, -0.2) is 0 Å². The molecule has 30 heavy (non-hydrogen) atoms. The van der Waals surface area contributed by atoms with Gasteiger partial charge in [-0.1, -0.05) is 37.5 Å². The van der Waals surface area contributed by atoms with Gasteiger partial charge in [0.05, 0.1) is 32.2 Å². The van der Waals surface area contributed by atoms with Gasteiger partial charge in [0.25, 0.3) is 5.91 Å². The molecule has 0 radical (unpaired) electrons. The molecule has 2 N–H and O–H groups in total. The van der Waals surface area contributed by atoms with Crippen LogP contribution in [0.2, 0.25) is 0 Å². The van der Waals surface area contributed by atoms with Gasteiger partial charge in [-0.05, 0) is 48.2 Å². The molecule has 1 fully saturated rings. The SMILES string of the molecule is COc1ccc(C2(NC(=O)CC3NC(=O)c4cc(OC)ccc43)CCCCC2)cc1. The first-order valence-corrected chi connectivity index (χ1v) is 10.5. The molecular weight excluding hydrogens is 380 g/mol. The Bertz CT molecular complexity index is 933. The molecule has 158 valence electrons. The summed E-state index contributed by atoms with van der Waals surface area (Å²) in [5.74, 6) is 1.22. The second kappa shape index (κ2) is 8.38. The van der Waals surface area contributed by atoms with E-state index < -0.39 is 0 Å². The molecular formula is C24H28N2O4. The lowest BCUT2D eigenvalue weighted by Crippen LogP contribution is -2.47. The second-order valence-corrected chi connectivity index (χ2v) is 8.10. The van der Waals surface area contributed by atoms with Crippen molar-refractivity contribution in [2.45, 2.75) is 50.1 Å². The van der Waals surface area contributed by atoms with E-state index in [1.165, 1.54) is 6.42 Å². The molecule has 1 saturated carbocycles. The fourth-order valence-electron chi connectivity index (χ4n) is 4.69. The lowest BCUT2D eigenvalue weighted by atomic mass is 9.76. The lowest BCUT2D eigenvalue weighted by molar-refractivity contribution is -0.124. The van der Waals surface area contributed by atoms with Gasteiger partial charge in [-0.15, -0.1) is 0 Å². The van der Waals surface area contributed by atoms with E-state index in [0.717, 1.165) is 42.6 Å². The van der Waals surface area contributed by atoms with Crippen molar-refractivity contribution in [3.63, 3.8) is 0 Å². The molecule has 2 aromatic carbocycles. The number of benzene rings is 2. The van der Waals surface area contributed by atoms with Gasteiger partial charge in [0.1, 0.15) is 11.5 Å². The monoisotopic (exact) mass is 408 g/mol. The highest BCUT2D eigenvalue weighted by Crippen LogP contribution is 2.38. The zero-order valence-electron chi connectivity index (χ0n) is 17.5. The third kappa shape index (κ3) is 3.86. The number of hydrogen-bond acceptors (Lipinski definition) is 4. The molecule has 1 aliphatic carbocycles. The number of ether oxygens (including phenoxy) is 2. The minimum Gasteiger partial charge on any atom is -0.497 e. The number of amides is 2. The predicted octanol–water partition coefficient (Wildman–Crippen LogP) is 3.85. The van der Waals surface area contributed by atoms with Crippen molar-refractivity contribution >= 4 is 11.8 Å². The highest BCUT2D eigenvalue weighted by molar-refractivity contribution is 6.00. The maximum atomic E-state index is 13.1. The van der Waals surface area contributed by atoms with Crippen LogP contribution in [0, 0.1) is 0 Å². The topological polar surface area (TPSA) is 76.7 Å². The highest BCUT2D eigenvalue weighted by Gasteiger charge is 2.37. The van der Waals surface area contributed by atoms with Crippen molar-refractivity contribution in [3.8, 4) is 11.5 Å². The average Bonchev–Trinajstić information content (AvgIpc) is 3.08. The third-order valence-corrected chi connectivity index (χ3v) is 6.30. The van der Waals surface area contributed by atoms with Gasteiger partial charge in [0.15, 0.2) is 0 Å². The number of rotatable bonds is 6. The molecule has 2 aromatic rings. The first-order valence-electron chi connectivity index (χ1n) is 10.5. The lowest BCUT2D eigenvalue weighted by Gasteiger charge is -2.39. The third-order valence-electron chi connectivity index (χ3n) is 6.30. The normalized spacial score (nSPS) is 19.5. The number of hydrogen-bond donors (Lipinski definition) is 2. The molecule has 1 unspecified atom stereocenters. The summed E-state index contributed by atoms with van der Waals surface area (Å²) in [5, 5.41) is 6.26. The number of carbonyl (C=O) groups is 2. The van der Waals surface area contributed by atoms with Crippen LogP contribution >= 0.6 is 0 Å². The van der Waals surface area contributed by atoms with Crippen LogP contribution in [0.5, 0.6) is 11.5 Å². The average molecular weight is 408 g/mol. The predicted molar refractivity (Wildman–Crippen MR) is 114 cm³/mol. The van der Waals surface area contributed by atoms with Gasteiger partial charge in [-0.2, -0.15) is 0 Å². The molecule has 6 nitrogen and oxygen atoms in total. The first-order chi connectivity index (χ1) is 14.5. The minimum atomic E-state index is -0.368. The van der Waals surface area contributed by atoms with Gasteiger partial charge in [0, 0.05) is 5.56 Å². The fraction of sp³-hybridized carbons (Fsp3) is 0.417. The summed E-state index contributed by atoms with van der Waals surface area (Å²) in [6.45, 7) is 0. The van der Waals surface area contributed by atoms with Crippen molar-refractivity contribution < 1.29 is 19.1 Å². The zero-order valence-corrected chi connectivity index (χ0v) is 17.5. The van der Waals surface area contributed by atoms with E-state index in [2.05, 4.69) is 10.6 Å². The molecule has 0 saturated heterocycles. The van der Waals surface area contributed by atoms with Crippen molar-refractivity contribution in [2.24, 2.45) is 0 Å². The van der Waals surface area contributed by atoms with Crippen molar-refractivity contribution in [1.82, 2.24) is 10.6 Å². The van der Waals surface area contributed by atoms with E-state index in [0.29, 0.717) is 11.3 Å². The molecule has 0 spiro atoms. The Kier molecular flexibility index (Phi) is 5.66. The maximum Gasteiger partial charge on any atom is 0.252 e. The Morgan fingerprint density at radius 1 is 1.03 bits per heavy atom. The maximum absolute atomic E-state index is 13.1. The first kappa shape index (κ1) is 20.3. The summed E-state index contributed by atoms with van der Waals surface area (Å²) in [7, 11) is 3.22. The molecule has 0 aromatic heterocycles. The molecule has 2 amide bonds. The van der Waals surface area contributed by atoms with Crippen molar-refractivity contribution in [2.75, 3.05) is 14.2 Å². The molecule has 6 heteroatoms. The van der Waals surface area contributed by atoms with Crippen LogP contribution in [-0.4, -0.2) is 26.0 Å². The second-order valence-electron chi connectivity index (χ2n) is 8.10. The Labute approximate surface area is 177 Å². The van der Waals surface area contributed by atoms with E-state index in [4.69, 9.17) is 9.47 Å². The van der Waals surface area contributed by atoms with Crippen LogP contribution in [-0.2, 0) is 10.3 Å². The largest absolute Gasteiger partial charge is 0.497 e. The molecule has 1 heterocycles. The Morgan fingerprint density at radius 2 is 1.70 bits per heavy atom. The van der Waals surface area contributed by atoms with E-state index in [1.807, 2.05) is 36.4 Å². The van der Waals surface area contributed by atoms with Crippen molar-refractivity contribution in [3.05, 3.63) is 59.2 Å². The molecule has 1 atom stereocenters. The summed E-state index contributed by atoms with van der Waals surface area (Å²) in [6.07, 6.45) is 5.38. The standard InChI is InChI=1S/C24H28N2O4/c1-29-17-8-6-16(7-9-17)24(12-4-3-5-13-24)26-22(27)15-21-19-11-10-18(30-2)14-20(19)23(28)25-21/h6-11,14,21H,3-5,12-13,15H2,1-2H3,(H,25,28)(H,26,27). The molecule has 0 bridgehead atoms. The quantitative estimate of drug-likeness (QED) is 0.761. The number of nitrogens with one attached hydrogen (secondary N) is 2. The van der Waals surface area contributed by atoms with Crippen LogP contribution in [0.4, 0.5) is 0 Å². The smallest absolute Gasteiger partial charge is 0.252 e. The minimum absolute atomic E-state index is 0.0540. The van der Waals surface area contributed by atoms with E-state index in [-0.39, 0.29) is 29.8 Å². The van der Waals surface area contributed by atoms with Crippen LogP contribution in [0.25, 0.3) is 0 Å². The number of methoxy groups -OCH3 is 2. The summed E-state index contributed by atoms with van der Waals surface area (Å²) < 4.78 is 10.5. The molecule has 4 rings (SSSR count). The van der Waals surface area contributed by atoms with Gasteiger partial charge in [-0.3, -0.25) is 9.59 Å². The Morgan fingerprint density at radius 3 is 2.37 bits per heavy atom. The summed E-state index contributed by atoms with van der Waals surface area (Å²) in [6, 6.07) is 13.1. The summed E-state index contributed by atoms with van der Waals surface area (Å²) >= 11 is 0. The van der Waals surface area contributed by atoms with E-state index in [1.54, 1.807) is 20.3 Å². The molecule has 1 aliphatic heterocycles. The number of fused-ring (bicyclic) bond motifs is 1. The van der Waals surface area contributed by atoms with Gasteiger partial charge in [0.2, 0.25) is 5.91 Å². The highest BCUT2D eigenvalue weighted by atomic mass is 16.5. The molecule has 2 aliphatic rings. The zero-order chi connectivity index (χ0) is 21.1. The van der Waals surface area contributed by atoms with Crippen molar-refractivity contribution in [1.29, 1.82) is 0 Å². The fourth-order valence-corrected chi connectivity index (χ4v) is 4.69. The van der Waals surface area contributed by atoms with Gasteiger partial charge >= 0.3 is 0 Å².